The van der Waals surface area contributed by atoms with Crippen LogP contribution in [0.5, 0.6) is 17.2 Å². The molecule has 0 radical (unpaired) electrons. The Balaban J connectivity index is 1.63. The molecule has 1 aliphatic heterocycles. The topological polar surface area (TPSA) is 142 Å². The summed E-state index contributed by atoms with van der Waals surface area (Å²) < 4.78 is 24.9. The standard InChI is InChI=1S/C24H16FN3O8S/c1-35-20-8-6-14(10-21(20)36-19-9-7-16(27(31)32)12-18(19)28(33)34)11-22-23(29)26(24(30)37-22)13-15-4-2-3-5-17(15)25/h2-12H,13H2,1H3/b22-11-. The molecule has 4 rings (SSSR count). The summed E-state index contributed by atoms with van der Waals surface area (Å²) in [6.45, 7) is -0.227. The first-order chi connectivity index (χ1) is 17.7. The van der Waals surface area contributed by atoms with Gasteiger partial charge < -0.3 is 9.47 Å². The maximum atomic E-state index is 14.0. The van der Waals surface area contributed by atoms with Crippen molar-refractivity contribution in [3.05, 3.63) is 103 Å². The molecule has 0 aliphatic carbocycles. The number of methoxy groups -OCH3 is 1. The van der Waals surface area contributed by atoms with Crippen LogP contribution < -0.4 is 9.47 Å². The number of rotatable bonds is 8. The lowest BCUT2D eigenvalue weighted by Gasteiger charge is -2.13. The highest BCUT2D eigenvalue weighted by Crippen LogP contribution is 2.40. The lowest BCUT2D eigenvalue weighted by atomic mass is 10.1. The van der Waals surface area contributed by atoms with E-state index in [2.05, 4.69) is 0 Å². The third-order valence-corrected chi connectivity index (χ3v) is 6.12. The fourth-order valence-electron chi connectivity index (χ4n) is 3.41. The van der Waals surface area contributed by atoms with Crippen molar-refractivity contribution in [3.63, 3.8) is 0 Å². The van der Waals surface area contributed by atoms with E-state index in [9.17, 15) is 34.2 Å². The molecule has 0 unspecified atom stereocenters. The Morgan fingerprint density at radius 1 is 0.973 bits per heavy atom. The van der Waals surface area contributed by atoms with Gasteiger partial charge in [0.1, 0.15) is 5.82 Å². The molecule has 0 aromatic heterocycles. The number of benzene rings is 3. The molecule has 0 bridgehead atoms. The van der Waals surface area contributed by atoms with Crippen LogP contribution in [0.15, 0.2) is 65.6 Å². The Bertz CT molecular complexity index is 1480. The number of halogens is 1. The van der Waals surface area contributed by atoms with Crippen molar-refractivity contribution in [1.29, 1.82) is 0 Å². The molecule has 2 amide bonds. The number of ether oxygens (including phenoxy) is 2. The largest absolute Gasteiger partial charge is 0.493 e. The average molecular weight is 525 g/mol. The highest BCUT2D eigenvalue weighted by atomic mass is 32.2. The number of carbonyl (C=O) groups excluding carboxylic acids is 2. The summed E-state index contributed by atoms with van der Waals surface area (Å²) in [5.41, 5.74) is -0.519. The lowest BCUT2D eigenvalue weighted by molar-refractivity contribution is -0.394. The van der Waals surface area contributed by atoms with Gasteiger partial charge in [0.05, 0.1) is 34.5 Å². The number of nitrogens with zero attached hydrogens (tertiary/aromatic N) is 3. The van der Waals surface area contributed by atoms with E-state index >= 15 is 0 Å². The molecule has 188 valence electrons. The van der Waals surface area contributed by atoms with Crippen LogP contribution in [0.1, 0.15) is 11.1 Å². The van der Waals surface area contributed by atoms with Gasteiger partial charge in [-0.15, -0.1) is 0 Å². The number of non-ortho nitro benzene ring substituents is 1. The summed E-state index contributed by atoms with van der Waals surface area (Å²) in [6, 6.07) is 13.2. The smallest absolute Gasteiger partial charge is 0.318 e. The first kappa shape index (κ1) is 25.3. The van der Waals surface area contributed by atoms with Crippen molar-refractivity contribution in [2.45, 2.75) is 6.54 Å². The van der Waals surface area contributed by atoms with E-state index in [-0.39, 0.29) is 34.3 Å². The normalized spacial score (nSPS) is 14.2. The first-order valence-electron chi connectivity index (χ1n) is 10.5. The predicted molar refractivity (Wildman–Crippen MR) is 131 cm³/mol. The highest BCUT2D eigenvalue weighted by molar-refractivity contribution is 8.18. The molecule has 0 saturated carbocycles. The van der Waals surface area contributed by atoms with Crippen LogP contribution in [0.25, 0.3) is 6.08 Å². The molecule has 13 heteroatoms. The van der Waals surface area contributed by atoms with Crippen molar-refractivity contribution in [3.8, 4) is 17.2 Å². The summed E-state index contributed by atoms with van der Waals surface area (Å²) in [5, 5.41) is 21.9. The van der Waals surface area contributed by atoms with Crippen LogP contribution in [0.3, 0.4) is 0 Å². The molecule has 1 saturated heterocycles. The van der Waals surface area contributed by atoms with Gasteiger partial charge in [-0.1, -0.05) is 24.3 Å². The van der Waals surface area contributed by atoms with Gasteiger partial charge in [0.25, 0.3) is 16.8 Å². The van der Waals surface area contributed by atoms with Gasteiger partial charge in [-0.05, 0) is 47.7 Å². The van der Waals surface area contributed by atoms with Gasteiger partial charge in [-0.25, -0.2) is 4.39 Å². The van der Waals surface area contributed by atoms with E-state index in [0.717, 1.165) is 23.1 Å². The summed E-state index contributed by atoms with van der Waals surface area (Å²) in [5.74, 6) is -1.20. The second kappa shape index (κ2) is 10.5. The molecular formula is C24H16FN3O8S. The third kappa shape index (κ3) is 5.41. The molecule has 3 aromatic rings. The van der Waals surface area contributed by atoms with E-state index in [0.29, 0.717) is 17.3 Å². The van der Waals surface area contributed by atoms with Crippen LogP contribution in [0, 0.1) is 26.0 Å². The van der Waals surface area contributed by atoms with Crippen LogP contribution in [-0.2, 0) is 11.3 Å². The van der Waals surface area contributed by atoms with Gasteiger partial charge in [-0.3, -0.25) is 34.7 Å². The molecule has 0 spiro atoms. The second-order valence-corrected chi connectivity index (χ2v) is 8.53. The molecular weight excluding hydrogens is 509 g/mol. The quantitative estimate of drug-likeness (QED) is 0.206. The Morgan fingerprint density at radius 2 is 1.70 bits per heavy atom. The summed E-state index contributed by atoms with van der Waals surface area (Å²) in [6.07, 6.45) is 1.42. The Labute approximate surface area is 212 Å². The Kier molecular flexibility index (Phi) is 7.15. The molecule has 1 fully saturated rings. The molecule has 1 heterocycles. The van der Waals surface area contributed by atoms with Crippen LogP contribution in [-0.4, -0.2) is 33.0 Å². The second-order valence-electron chi connectivity index (χ2n) is 7.54. The van der Waals surface area contributed by atoms with Crippen LogP contribution in [0.4, 0.5) is 20.6 Å². The summed E-state index contributed by atoms with van der Waals surface area (Å²) >= 11 is 0.683. The SMILES string of the molecule is COc1ccc(/C=C2\SC(=O)N(Cc3ccccc3F)C2=O)cc1Oc1ccc([N+](=O)[O-])cc1[N+](=O)[O-]. The highest BCUT2D eigenvalue weighted by Gasteiger charge is 2.35. The van der Waals surface area contributed by atoms with Crippen molar-refractivity contribution in [2.24, 2.45) is 0 Å². The van der Waals surface area contributed by atoms with E-state index < -0.39 is 38.2 Å². The number of thioether (sulfide) groups is 1. The van der Waals surface area contributed by atoms with Crippen molar-refractivity contribution in [1.82, 2.24) is 4.90 Å². The van der Waals surface area contributed by atoms with Crippen molar-refractivity contribution in [2.75, 3.05) is 7.11 Å². The number of hydrogen-bond acceptors (Lipinski definition) is 9. The number of amides is 2. The Hall–Kier alpha value is -4.78. The fourth-order valence-corrected chi connectivity index (χ4v) is 4.25. The van der Waals surface area contributed by atoms with Gasteiger partial charge in [0, 0.05) is 11.6 Å². The van der Waals surface area contributed by atoms with Gasteiger partial charge >= 0.3 is 5.69 Å². The number of nitro benzene ring substituents is 2. The van der Waals surface area contributed by atoms with E-state index in [1.54, 1.807) is 12.1 Å². The third-order valence-electron chi connectivity index (χ3n) is 5.22. The van der Waals surface area contributed by atoms with E-state index in [1.807, 2.05) is 0 Å². The first-order valence-corrected chi connectivity index (χ1v) is 11.3. The van der Waals surface area contributed by atoms with E-state index in [1.165, 1.54) is 43.5 Å². The minimum Gasteiger partial charge on any atom is -0.493 e. The van der Waals surface area contributed by atoms with E-state index in [4.69, 9.17) is 9.47 Å². The van der Waals surface area contributed by atoms with Crippen molar-refractivity contribution < 1.29 is 33.3 Å². The number of hydrogen-bond donors (Lipinski definition) is 0. The monoisotopic (exact) mass is 525 g/mol. The zero-order chi connectivity index (χ0) is 26.7. The maximum absolute atomic E-state index is 14.0. The Morgan fingerprint density at radius 3 is 2.38 bits per heavy atom. The molecule has 37 heavy (non-hydrogen) atoms. The lowest BCUT2D eigenvalue weighted by Crippen LogP contribution is -2.27. The minimum absolute atomic E-state index is 0.0267. The molecule has 0 atom stereocenters. The minimum atomic E-state index is -0.815. The molecule has 0 N–H and O–H groups in total. The number of imide groups is 1. The molecule has 1 aliphatic rings. The van der Waals surface area contributed by atoms with Crippen LogP contribution in [0.2, 0.25) is 0 Å². The molecule has 11 nitrogen and oxygen atoms in total. The zero-order valence-electron chi connectivity index (χ0n) is 19.0. The van der Waals surface area contributed by atoms with Gasteiger partial charge in [0.15, 0.2) is 11.5 Å². The zero-order valence-corrected chi connectivity index (χ0v) is 19.8. The van der Waals surface area contributed by atoms with Crippen LogP contribution >= 0.6 is 11.8 Å². The van der Waals surface area contributed by atoms with Gasteiger partial charge in [0.2, 0.25) is 5.75 Å². The maximum Gasteiger partial charge on any atom is 0.318 e. The molecule has 3 aromatic carbocycles. The summed E-state index contributed by atoms with van der Waals surface area (Å²) in [7, 11) is 1.35. The number of nitro groups is 2. The number of carbonyl (C=O) groups is 2. The fraction of sp³-hybridized carbons (Fsp3) is 0.0833. The van der Waals surface area contributed by atoms with Gasteiger partial charge in [-0.2, -0.15) is 0 Å². The van der Waals surface area contributed by atoms with Crippen molar-refractivity contribution >= 4 is 40.4 Å². The predicted octanol–water partition coefficient (Wildman–Crippen LogP) is 5.68. The summed E-state index contributed by atoms with van der Waals surface area (Å²) in [4.78, 5) is 47.1. The average Bonchev–Trinajstić information content (AvgIpc) is 3.12.